The van der Waals surface area contributed by atoms with Gasteiger partial charge in [0.05, 0.1) is 12.3 Å². The Bertz CT molecular complexity index is 604. The Morgan fingerprint density at radius 2 is 1.68 bits per heavy atom. The van der Waals surface area contributed by atoms with Gasteiger partial charge >= 0.3 is 0 Å². The van der Waals surface area contributed by atoms with Gasteiger partial charge in [-0.1, -0.05) is 48.5 Å². The van der Waals surface area contributed by atoms with Gasteiger partial charge in [0, 0.05) is 25.5 Å². The van der Waals surface area contributed by atoms with Crippen molar-refractivity contribution in [2.75, 3.05) is 20.3 Å². The second-order valence-electron chi connectivity index (χ2n) is 5.18. The van der Waals surface area contributed by atoms with E-state index < -0.39 is 13.0 Å². The van der Waals surface area contributed by atoms with E-state index in [1.807, 2.05) is 36.4 Å². The summed E-state index contributed by atoms with van der Waals surface area (Å²) in [6.45, 7) is 1.33. The van der Waals surface area contributed by atoms with E-state index >= 15 is 0 Å². The number of hydrogen-bond acceptors (Lipinski definition) is 3. The maximum Gasteiger partial charge on any atom is 0.236 e. The van der Waals surface area contributed by atoms with E-state index in [0.717, 1.165) is 5.56 Å². The second-order valence-corrected chi connectivity index (χ2v) is 7.68. The average molecular weight is 319 g/mol. The van der Waals surface area contributed by atoms with E-state index in [2.05, 4.69) is 5.32 Å². The van der Waals surface area contributed by atoms with Gasteiger partial charge in [-0.05, 0) is 17.7 Å². The third-order valence-corrected chi connectivity index (χ3v) is 5.89. The third kappa shape index (κ3) is 4.52. The Hall–Kier alpha value is -1.45. The highest BCUT2D eigenvalue weighted by molar-refractivity contribution is 7.66. The zero-order valence-electron chi connectivity index (χ0n) is 12.7. The van der Waals surface area contributed by atoms with Gasteiger partial charge in [-0.25, -0.2) is 0 Å². The van der Waals surface area contributed by atoms with Crippen LogP contribution in [-0.4, -0.2) is 30.8 Å². The molecular formula is C17H22NO3P. The Morgan fingerprint density at radius 1 is 1.09 bits per heavy atom. The lowest BCUT2D eigenvalue weighted by Crippen LogP contribution is -2.33. The summed E-state index contributed by atoms with van der Waals surface area (Å²) in [5, 5.41) is 3.72. The minimum Gasteiger partial charge on any atom is -0.384 e. The van der Waals surface area contributed by atoms with Gasteiger partial charge in [0.2, 0.25) is 7.37 Å². The average Bonchev–Trinajstić information content (AvgIpc) is 2.56. The minimum absolute atomic E-state index is 0.241. The molecule has 0 heterocycles. The molecule has 0 aromatic heterocycles. The molecule has 0 saturated carbocycles. The van der Waals surface area contributed by atoms with Gasteiger partial charge < -0.3 is 14.9 Å². The highest BCUT2D eigenvalue weighted by atomic mass is 31.2. The smallest absolute Gasteiger partial charge is 0.236 e. The number of hydrogen-bond donors (Lipinski definition) is 2. The molecule has 0 saturated heterocycles. The van der Waals surface area contributed by atoms with Crippen LogP contribution >= 0.6 is 7.37 Å². The fourth-order valence-electron chi connectivity index (χ4n) is 2.31. The van der Waals surface area contributed by atoms with Crippen molar-refractivity contribution in [3.8, 4) is 0 Å². The van der Waals surface area contributed by atoms with Crippen molar-refractivity contribution in [2.45, 2.75) is 12.2 Å². The first-order valence-electron chi connectivity index (χ1n) is 7.26. The lowest BCUT2D eigenvalue weighted by molar-refractivity contribution is 0.192. The van der Waals surface area contributed by atoms with Crippen LogP contribution in [0.3, 0.4) is 0 Å². The summed E-state index contributed by atoms with van der Waals surface area (Å²) in [5.74, 6) is 0. The van der Waals surface area contributed by atoms with Crippen LogP contribution in [0.5, 0.6) is 0 Å². The molecule has 2 aromatic rings. The number of ether oxygens (including phenoxy) is 1. The highest BCUT2D eigenvalue weighted by Crippen LogP contribution is 2.44. The maximum atomic E-state index is 12.8. The molecule has 118 valence electrons. The summed E-state index contributed by atoms with van der Waals surface area (Å²) in [4.78, 5) is 10.5. The van der Waals surface area contributed by atoms with Crippen molar-refractivity contribution >= 4 is 12.7 Å². The standard InChI is InChI=1S/C17H22NO3P/c1-21-14-17(13-18-12-15-8-4-2-5-9-15)22(19,20)16-10-6-3-7-11-16/h2-11,17-18H,12-14H2,1H3,(H,19,20). The van der Waals surface area contributed by atoms with Crippen LogP contribution in [0.4, 0.5) is 0 Å². The predicted molar refractivity (Wildman–Crippen MR) is 89.7 cm³/mol. The topological polar surface area (TPSA) is 58.6 Å². The molecule has 0 fully saturated rings. The summed E-state index contributed by atoms with van der Waals surface area (Å²) in [6.07, 6.45) is 0. The molecule has 0 amide bonds. The summed E-state index contributed by atoms with van der Waals surface area (Å²) in [6, 6.07) is 18.7. The largest absolute Gasteiger partial charge is 0.384 e. The number of rotatable bonds is 8. The van der Waals surface area contributed by atoms with Crippen LogP contribution in [0, 0.1) is 0 Å². The van der Waals surface area contributed by atoms with Crippen molar-refractivity contribution in [3.63, 3.8) is 0 Å². The summed E-state index contributed by atoms with van der Waals surface area (Å²) >= 11 is 0. The number of methoxy groups -OCH3 is 1. The zero-order valence-corrected chi connectivity index (χ0v) is 13.6. The molecule has 2 atom stereocenters. The van der Waals surface area contributed by atoms with E-state index in [9.17, 15) is 9.46 Å². The van der Waals surface area contributed by atoms with E-state index in [1.165, 1.54) is 0 Å². The van der Waals surface area contributed by atoms with Crippen LogP contribution in [0.25, 0.3) is 0 Å². The molecule has 22 heavy (non-hydrogen) atoms. The normalized spacial score (nSPS) is 15.2. The molecule has 0 aliphatic heterocycles. The van der Waals surface area contributed by atoms with Gasteiger partial charge in [-0.3, -0.25) is 4.57 Å². The Kier molecular flexibility index (Phi) is 6.34. The molecule has 2 unspecified atom stereocenters. The van der Waals surface area contributed by atoms with Gasteiger partial charge in [-0.2, -0.15) is 0 Å². The molecule has 0 aliphatic carbocycles. The first-order chi connectivity index (χ1) is 10.6. The predicted octanol–water partition coefficient (Wildman–Crippen LogP) is 2.39. The fraction of sp³-hybridized carbons (Fsp3) is 0.294. The van der Waals surface area contributed by atoms with Crippen molar-refractivity contribution in [1.82, 2.24) is 5.32 Å². The molecule has 4 nitrogen and oxygen atoms in total. The molecule has 0 bridgehead atoms. The van der Waals surface area contributed by atoms with Crippen LogP contribution in [0.15, 0.2) is 60.7 Å². The first-order valence-corrected chi connectivity index (χ1v) is 8.99. The Morgan fingerprint density at radius 3 is 2.27 bits per heavy atom. The lowest BCUT2D eigenvalue weighted by Gasteiger charge is -2.23. The molecule has 0 radical (unpaired) electrons. The summed E-state index contributed by atoms with van der Waals surface area (Å²) < 4.78 is 17.9. The zero-order chi connectivity index (χ0) is 15.8. The molecule has 2 rings (SSSR count). The number of benzene rings is 2. The van der Waals surface area contributed by atoms with E-state index in [1.54, 1.807) is 31.4 Å². The van der Waals surface area contributed by atoms with Crippen molar-refractivity contribution in [3.05, 3.63) is 66.2 Å². The van der Waals surface area contributed by atoms with E-state index in [4.69, 9.17) is 4.74 Å². The van der Waals surface area contributed by atoms with Gasteiger partial charge in [-0.15, -0.1) is 0 Å². The summed E-state index contributed by atoms with van der Waals surface area (Å²) in [5.41, 5.74) is 0.676. The quantitative estimate of drug-likeness (QED) is 0.734. The molecular weight excluding hydrogens is 297 g/mol. The van der Waals surface area contributed by atoms with Crippen LogP contribution in [0.2, 0.25) is 0 Å². The SMILES string of the molecule is COCC(CNCc1ccccc1)P(=O)(O)c1ccccc1. The summed E-state index contributed by atoms with van der Waals surface area (Å²) in [7, 11) is -1.93. The molecule has 2 aromatic carbocycles. The highest BCUT2D eigenvalue weighted by Gasteiger charge is 2.32. The molecule has 0 aliphatic rings. The van der Waals surface area contributed by atoms with Crippen molar-refractivity contribution in [1.29, 1.82) is 0 Å². The third-order valence-electron chi connectivity index (χ3n) is 3.53. The first kappa shape index (κ1) is 16.9. The Balaban J connectivity index is 2.01. The molecule has 0 spiro atoms. The number of nitrogens with one attached hydrogen (secondary N) is 1. The lowest BCUT2D eigenvalue weighted by atomic mass is 10.2. The fourth-order valence-corrected chi connectivity index (χ4v) is 4.06. The van der Waals surface area contributed by atoms with Crippen molar-refractivity contribution in [2.24, 2.45) is 0 Å². The van der Waals surface area contributed by atoms with E-state index in [0.29, 0.717) is 18.4 Å². The van der Waals surface area contributed by atoms with Crippen LogP contribution in [-0.2, 0) is 15.8 Å². The van der Waals surface area contributed by atoms with Crippen LogP contribution in [0.1, 0.15) is 5.56 Å². The van der Waals surface area contributed by atoms with E-state index in [-0.39, 0.29) is 6.61 Å². The van der Waals surface area contributed by atoms with Gasteiger partial charge in [0.15, 0.2) is 0 Å². The van der Waals surface area contributed by atoms with Gasteiger partial charge in [0.1, 0.15) is 0 Å². The minimum atomic E-state index is -3.48. The molecule has 2 N–H and O–H groups in total. The maximum absolute atomic E-state index is 12.8. The van der Waals surface area contributed by atoms with Crippen LogP contribution < -0.4 is 10.6 Å². The monoisotopic (exact) mass is 319 g/mol. The van der Waals surface area contributed by atoms with Gasteiger partial charge in [0.25, 0.3) is 0 Å². The Labute approximate surface area is 131 Å². The van der Waals surface area contributed by atoms with Crippen molar-refractivity contribution < 1.29 is 14.2 Å². The molecule has 5 heteroatoms. The second kappa shape index (κ2) is 8.25.